The molecule has 0 spiro atoms. The summed E-state index contributed by atoms with van der Waals surface area (Å²) in [5.74, 6) is 0.578. The van der Waals surface area contributed by atoms with Gasteiger partial charge in [0.15, 0.2) is 0 Å². The fraction of sp³-hybridized carbons (Fsp3) is 0.259. The SMILES string of the molecule is CC(C)COc1ccc(N2C(=O)C(c3cccs3)=C(N3CCCc4ccccc43)C2=O)cc1. The molecule has 2 amide bonds. The van der Waals surface area contributed by atoms with Crippen molar-refractivity contribution in [2.45, 2.75) is 26.7 Å². The molecule has 0 saturated heterocycles. The molecule has 168 valence electrons. The number of amides is 2. The zero-order valence-corrected chi connectivity index (χ0v) is 19.6. The number of para-hydroxylation sites is 1. The number of thiophene rings is 1. The Kier molecular flexibility index (Phi) is 5.77. The van der Waals surface area contributed by atoms with Gasteiger partial charge in [-0.25, -0.2) is 4.90 Å². The van der Waals surface area contributed by atoms with Gasteiger partial charge in [-0.3, -0.25) is 9.59 Å². The first kappa shape index (κ1) is 21.5. The Morgan fingerprint density at radius 1 is 0.970 bits per heavy atom. The minimum absolute atomic E-state index is 0.281. The van der Waals surface area contributed by atoms with Crippen LogP contribution in [0, 0.1) is 5.92 Å². The van der Waals surface area contributed by atoms with E-state index >= 15 is 0 Å². The summed E-state index contributed by atoms with van der Waals surface area (Å²) < 4.78 is 5.77. The molecule has 2 aromatic carbocycles. The maximum absolute atomic E-state index is 13.8. The Morgan fingerprint density at radius 3 is 2.48 bits per heavy atom. The molecule has 0 saturated carbocycles. The van der Waals surface area contributed by atoms with Crippen molar-refractivity contribution >= 4 is 40.1 Å². The Labute approximate surface area is 197 Å². The topological polar surface area (TPSA) is 49.9 Å². The molecule has 0 unspecified atom stereocenters. The van der Waals surface area contributed by atoms with Crippen LogP contribution in [0.2, 0.25) is 0 Å². The Morgan fingerprint density at radius 2 is 1.76 bits per heavy atom. The van der Waals surface area contributed by atoms with Crippen LogP contribution in [-0.4, -0.2) is 25.0 Å². The molecule has 3 heterocycles. The Bertz CT molecular complexity index is 1210. The van der Waals surface area contributed by atoms with Gasteiger partial charge < -0.3 is 9.64 Å². The highest BCUT2D eigenvalue weighted by Crippen LogP contribution is 2.40. The monoisotopic (exact) mass is 458 g/mol. The van der Waals surface area contributed by atoms with Crippen LogP contribution < -0.4 is 14.5 Å². The van der Waals surface area contributed by atoms with Crippen LogP contribution >= 0.6 is 11.3 Å². The summed E-state index contributed by atoms with van der Waals surface area (Å²) in [6, 6.07) is 19.2. The van der Waals surface area contributed by atoms with Crippen molar-refractivity contribution in [1.82, 2.24) is 0 Å². The standard InChI is InChI=1S/C27H26N2O3S/c1-18(2)17-32-21-13-11-20(12-14-21)29-26(30)24(23-10-6-16-33-23)25(27(29)31)28-15-5-8-19-7-3-4-9-22(19)28/h3-4,6-7,9-14,16,18H,5,8,15,17H2,1-2H3. The lowest BCUT2D eigenvalue weighted by molar-refractivity contribution is -0.120. The van der Waals surface area contributed by atoms with E-state index in [9.17, 15) is 9.59 Å². The molecular weight excluding hydrogens is 432 g/mol. The van der Waals surface area contributed by atoms with Crippen LogP contribution in [0.15, 0.2) is 71.7 Å². The van der Waals surface area contributed by atoms with Gasteiger partial charge in [0, 0.05) is 17.1 Å². The van der Waals surface area contributed by atoms with Crippen molar-refractivity contribution in [1.29, 1.82) is 0 Å². The lowest BCUT2D eigenvalue weighted by Crippen LogP contribution is -2.37. The molecule has 0 radical (unpaired) electrons. The molecular formula is C27H26N2O3S. The number of benzene rings is 2. The van der Waals surface area contributed by atoms with Crippen molar-refractivity contribution in [3.05, 3.63) is 82.2 Å². The molecule has 2 aliphatic heterocycles. The number of anilines is 2. The molecule has 0 atom stereocenters. The first-order chi connectivity index (χ1) is 16.0. The highest BCUT2D eigenvalue weighted by molar-refractivity contribution is 7.11. The van der Waals surface area contributed by atoms with E-state index in [4.69, 9.17) is 4.74 Å². The smallest absolute Gasteiger partial charge is 0.282 e. The molecule has 33 heavy (non-hydrogen) atoms. The third kappa shape index (κ3) is 3.95. The van der Waals surface area contributed by atoms with E-state index in [2.05, 4.69) is 19.9 Å². The zero-order valence-electron chi connectivity index (χ0n) is 18.8. The van der Waals surface area contributed by atoms with Crippen molar-refractivity contribution in [3.63, 3.8) is 0 Å². The van der Waals surface area contributed by atoms with Gasteiger partial charge in [0.25, 0.3) is 11.8 Å². The highest BCUT2D eigenvalue weighted by atomic mass is 32.1. The summed E-state index contributed by atoms with van der Waals surface area (Å²) in [5, 5.41) is 1.94. The van der Waals surface area contributed by atoms with Crippen molar-refractivity contribution in [2.24, 2.45) is 5.92 Å². The molecule has 0 bridgehead atoms. The van der Waals surface area contributed by atoms with Crippen LogP contribution in [0.4, 0.5) is 11.4 Å². The summed E-state index contributed by atoms with van der Waals surface area (Å²) in [6.07, 6.45) is 1.90. The van der Waals surface area contributed by atoms with Gasteiger partial charge in [0.05, 0.1) is 17.9 Å². The quantitative estimate of drug-likeness (QED) is 0.457. The van der Waals surface area contributed by atoms with E-state index < -0.39 is 0 Å². The summed E-state index contributed by atoms with van der Waals surface area (Å²) in [5.41, 5.74) is 3.71. The van der Waals surface area contributed by atoms with Gasteiger partial charge in [-0.1, -0.05) is 38.1 Å². The van der Waals surface area contributed by atoms with Crippen LogP contribution in [0.25, 0.3) is 5.57 Å². The number of imide groups is 1. The van der Waals surface area contributed by atoms with Gasteiger partial charge in [0.2, 0.25) is 0 Å². The van der Waals surface area contributed by atoms with Crippen LogP contribution in [0.5, 0.6) is 5.75 Å². The number of aryl methyl sites for hydroxylation is 1. The van der Waals surface area contributed by atoms with Crippen LogP contribution in [0.1, 0.15) is 30.7 Å². The van der Waals surface area contributed by atoms with Gasteiger partial charge >= 0.3 is 0 Å². The predicted octanol–water partition coefficient (Wildman–Crippen LogP) is 5.52. The van der Waals surface area contributed by atoms with E-state index in [1.165, 1.54) is 21.8 Å². The number of rotatable bonds is 6. The number of ether oxygens (including phenoxy) is 1. The van der Waals surface area contributed by atoms with Gasteiger partial charge in [-0.15, -0.1) is 11.3 Å². The first-order valence-electron chi connectivity index (χ1n) is 11.3. The van der Waals surface area contributed by atoms with Gasteiger partial charge in [-0.2, -0.15) is 0 Å². The third-order valence-electron chi connectivity index (χ3n) is 5.89. The molecule has 6 heteroatoms. The van der Waals surface area contributed by atoms with E-state index in [0.29, 0.717) is 36.0 Å². The predicted molar refractivity (Wildman–Crippen MR) is 133 cm³/mol. The summed E-state index contributed by atoms with van der Waals surface area (Å²) >= 11 is 1.48. The fourth-order valence-corrected chi connectivity index (χ4v) is 5.13. The Balaban J connectivity index is 1.54. The average Bonchev–Trinajstić information content (AvgIpc) is 3.44. The number of nitrogens with zero attached hydrogens (tertiary/aromatic N) is 2. The number of carbonyl (C=O) groups is 2. The van der Waals surface area contributed by atoms with E-state index in [0.717, 1.165) is 29.2 Å². The molecule has 5 nitrogen and oxygen atoms in total. The van der Waals surface area contributed by atoms with Crippen LogP contribution in [-0.2, 0) is 16.0 Å². The normalized spacial score (nSPS) is 16.1. The number of carbonyl (C=O) groups excluding carboxylic acids is 2. The van der Waals surface area contributed by atoms with Crippen molar-refractivity contribution in [3.8, 4) is 5.75 Å². The van der Waals surface area contributed by atoms with E-state index in [1.54, 1.807) is 12.1 Å². The lowest BCUT2D eigenvalue weighted by atomic mass is 10.00. The maximum Gasteiger partial charge on any atom is 0.282 e. The van der Waals surface area contributed by atoms with Crippen molar-refractivity contribution < 1.29 is 14.3 Å². The molecule has 3 aromatic rings. The fourth-order valence-electron chi connectivity index (χ4n) is 4.37. The summed E-state index contributed by atoms with van der Waals surface area (Å²) in [4.78, 5) is 31.6. The molecule has 5 rings (SSSR count). The summed E-state index contributed by atoms with van der Waals surface area (Å²) in [7, 11) is 0. The van der Waals surface area contributed by atoms with E-state index in [-0.39, 0.29) is 11.8 Å². The second kappa shape index (κ2) is 8.87. The average molecular weight is 459 g/mol. The van der Waals surface area contributed by atoms with Gasteiger partial charge in [-0.05, 0) is 66.1 Å². The highest BCUT2D eigenvalue weighted by Gasteiger charge is 2.44. The minimum Gasteiger partial charge on any atom is -0.493 e. The zero-order chi connectivity index (χ0) is 22.9. The van der Waals surface area contributed by atoms with Crippen molar-refractivity contribution in [2.75, 3.05) is 23.0 Å². The number of hydrogen-bond acceptors (Lipinski definition) is 5. The Hall–Kier alpha value is -3.38. The second-order valence-corrected chi connectivity index (χ2v) is 9.68. The first-order valence-corrected chi connectivity index (χ1v) is 12.2. The molecule has 2 aliphatic rings. The minimum atomic E-state index is -0.282. The number of hydrogen-bond donors (Lipinski definition) is 0. The molecule has 1 aromatic heterocycles. The van der Waals surface area contributed by atoms with E-state index in [1.807, 2.05) is 52.7 Å². The largest absolute Gasteiger partial charge is 0.493 e. The maximum atomic E-state index is 13.8. The third-order valence-corrected chi connectivity index (χ3v) is 6.77. The molecule has 0 aliphatic carbocycles. The molecule has 0 fully saturated rings. The lowest BCUT2D eigenvalue weighted by Gasteiger charge is -2.32. The number of fused-ring (bicyclic) bond motifs is 1. The van der Waals surface area contributed by atoms with Crippen LogP contribution in [0.3, 0.4) is 0 Å². The second-order valence-electron chi connectivity index (χ2n) is 8.73. The van der Waals surface area contributed by atoms with Gasteiger partial charge in [0.1, 0.15) is 11.4 Å². The molecule has 0 N–H and O–H groups in total. The summed E-state index contributed by atoms with van der Waals surface area (Å²) in [6.45, 7) is 5.50.